The maximum atomic E-state index is 12.7. The Morgan fingerprint density at radius 2 is 1.93 bits per heavy atom. The molecule has 0 N–H and O–H groups in total. The molecule has 142 valence electrons. The normalized spacial score (nSPS) is 19.9. The van der Waals surface area contributed by atoms with Gasteiger partial charge in [-0.15, -0.1) is 0 Å². The Balaban J connectivity index is 1.49. The number of likely N-dealkylation sites (tertiary alicyclic amines) is 1. The van der Waals surface area contributed by atoms with Gasteiger partial charge in [0.15, 0.2) is 0 Å². The van der Waals surface area contributed by atoms with Crippen molar-refractivity contribution >= 4 is 11.9 Å². The lowest BCUT2D eigenvalue weighted by Crippen LogP contribution is -2.38. The molecule has 0 aliphatic carbocycles. The highest BCUT2D eigenvalue weighted by molar-refractivity contribution is 5.69. The summed E-state index contributed by atoms with van der Waals surface area (Å²) in [5.74, 6) is 0.966. The van der Waals surface area contributed by atoms with E-state index in [2.05, 4.69) is 16.0 Å². The van der Waals surface area contributed by atoms with Crippen molar-refractivity contribution in [3.63, 3.8) is 0 Å². The van der Waals surface area contributed by atoms with Crippen molar-refractivity contribution in [2.45, 2.75) is 25.5 Å². The highest BCUT2D eigenvalue weighted by Crippen LogP contribution is 2.37. The molecule has 1 amide bonds. The Kier molecular flexibility index (Phi) is 5.53. The Bertz CT molecular complexity index is 762. The first-order valence-corrected chi connectivity index (χ1v) is 9.58. The lowest BCUT2D eigenvalue weighted by atomic mass is 10.0. The summed E-state index contributed by atoms with van der Waals surface area (Å²) in [5.41, 5.74) is 2.10. The molecule has 1 aromatic heterocycles. The van der Waals surface area contributed by atoms with Crippen molar-refractivity contribution in [3.05, 3.63) is 59.8 Å². The second kappa shape index (κ2) is 8.39. The van der Waals surface area contributed by atoms with E-state index in [1.807, 2.05) is 47.5 Å². The van der Waals surface area contributed by atoms with Gasteiger partial charge in [-0.2, -0.15) is 0 Å². The molecule has 2 aromatic rings. The van der Waals surface area contributed by atoms with E-state index in [1.54, 1.807) is 0 Å². The quantitative estimate of drug-likeness (QED) is 0.829. The number of morpholine rings is 1. The van der Waals surface area contributed by atoms with Crippen LogP contribution in [0.15, 0.2) is 48.7 Å². The Morgan fingerprint density at radius 3 is 2.74 bits per heavy atom. The number of amides is 1. The zero-order valence-corrected chi connectivity index (χ0v) is 15.4. The fraction of sp³-hybridized carbons (Fsp3) is 0.429. The van der Waals surface area contributed by atoms with Gasteiger partial charge in [-0.25, -0.2) is 9.78 Å². The maximum Gasteiger partial charge on any atom is 0.410 e. The van der Waals surface area contributed by atoms with Crippen LogP contribution < -0.4 is 4.90 Å². The van der Waals surface area contributed by atoms with E-state index in [0.717, 1.165) is 49.4 Å². The van der Waals surface area contributed by atoms with Crippen molar-refractivity contribution in [3.8, 4) is 0 Å². The minimum Gasteiger partial charge on any atom is -0.445 e. The molecule has 6 nitrogen and oxygen atoms in total. The van der Waals surface area contributed by atoms with Crippen LogP contribution in [0.4, 0.5) is 10.6 Å². The topological polar surface area (TPSA) is 54.9 Å². The second-order valence-corrected chi connectivity index (χ2v) is 6.91. The van der Waals surface area contributed by atoms with Gasteiger partial charge >= 0.3 is 6.09 Å². The largest absolute Gasteiger partial charge is 0.445 e. The maximum absolute atomic E-state index is 12.7. The number of pyridine rings is 1. The van der Waals surface area contributed by atoms with Crippen molar-refractivity contribution in [1.82, 2.24) is 9.88 Å². The van der Waals surface area contributed by atoms with E-state index in [0.29, 0.717) is 19.8 Å². The van der Waals surface area contributed by atoms with E-state index in [-0.39, 0.29) is 12.1 Å². The molecule has 4 rings (SSSR count). The monoisotopic (exact) mass is 367 g/mol. The highest BCUT2D eigenvalue weighted by atomic mass is 16.6. The third-order valence-electron chi connectivity index (χ3n) is 5.18. The summed E-state index contributed by atoms with van der Waals surface area (Å²) in [6, 6.07) is 13.8. The number of anilines is 1. The summed E-state index contributed by atoms with van der Waals surface area (Å²) in [5, 5.41) is 0. The number of carbonyl (C=O) groups is 1. The van der Waals surface area contributed by atoms with Gasteiger partial charge in [0.2, 0.25) is 0 Å². The van der Waals surface area contributed by atoms with Gasteiger partial charge in [0.25, 0.3) is 0 Å². The Labute approximate surface area is 159 Å². The molecule has 1 aromatic carbocycles. The lowest BCUT2D eigenvalue weighted by Gasteiger charge is -2.32. The number of aromatic nitrogens is 1. The summed E-state index contributed by atoms with van der Waals surface area (Å²) < 4.78 is 11.0. The number of ether oxygens (including phenoxy) is 2. The third kappa shape index (κ3) is 4.06. The van der Waals surface area contributed by atoms with Crippen molar-refractivity contribution in [2.75, 3.05) is 37.7 Å². The minimum atomic E-state index is -0.252. The summed E-state index contributed by atoms with van der Waals surface area (Å²) in [7, 11) is 0. The number of benzene rings is 1. The molecule has 2 fully saturated rings. The average Bonchev–Trinajstić information content (AvgIpc) is 3.23. The van der Waals surface area contributed by atoms with Gasteiger partial charge in [0.1, 0.15) is 12.4 Å². The molecule has 0 saturated carbocycles. The molecular formula is C21H25N3O3. The van der Waals surface area contributed by atoms with Crippen LogP contribution in [0.1, 0.15) is 30.0 Å². The molecule has 0 radical (unpaired) electrons. The van der Waals surface area contributed by atoms with Gasteiger partial charge < -0.3 is 19.3 Å². The highest BCUT2D eigenvalue weighted by Gasteiger charge is 2.34. The molecule has 0 bridgehead atoms. The van der Waals surface area contributed by atoms with Crippen LogP contribution in [0.2, 0.25) is 0 Å². The summed E-state index contributed by atoms with van der Waals surface area (Å²) >= 11 is 0. The van der Waals surface area contributed by atoms with Gasteiger partial charge in [-0.1, -0.05) is 36.4 Å². The third-order valence-corrected chi connectivity index (χ3v) is 5.18. The van der Waals surface area contributed by atoms with Crippen LogP contribution in [-0.2, 0) is 16.1 Å². The smallest absolute Gasteiger partial charge is 0.410 e. The van der Waals surface area contributed by atoms with E-state index in [4.69, 9.17) is 9.47 Å². The van der Waals surface area contributed by atoms with Crippen LogP contribution in [-0.4, -0.2) is 48.8 Å². The molecule has 0 spiro atoms. The SMILES string of the molecule is O=C(OCc1ccccc1)N1CCC[C@H]1c1cccnc1N1CCOCC1. The van der Waals surface area contributed by atoms with Crippen molar-refractivity contribution < 1.29 is 14.3 Å². The molecule has 6 heteroatoms. The van der Waals surface area contributed by atoms with E-state index < -0.39 is 0 Å². The molecule has 0 unspecified atom stereocenters. The van der Waals surface area contributed by atoms with Crippen molar-refractivity contribution in [1.29, 1.82) is 0 Å². The molecule has 27 heavy (non-hydrogen) atoms. The summed E-state index contributed by atoms with van der Waals surface area (Å²) in [6.45, 7) is 4.10. The van der Waals surface area contributed by atoms with E-state index in [1.165, 1.54) is 0 Å². The van der Waals surface area contributed by atoms with Crippen LogP contribution in [0.5, 0.6) is 0 Å². The Morgan fingerprint density at radius 1 is 1.11 bits per heavy atom. The summed E-state index contributed by atoms with van der Waals surface area (Å²) in [6.07, 6.45) is 3.48. The number of carbonyl (C=O) groups excluding carboxylic acids is 1. The van der Waals surface area contributed by atoms with Crippen LogP contribution >= 0.6 is 0 Å². The molecule has 2 saturated heterocycles. The number of rotatable bonds is 4. The standard InChI is InChI=1S/C21H25N3O3/c25-21(27-16-17-6-2-1-3-7-17)24-11-5-9-19(24)18-8-4-10-22-20(18)23-12-14-26-15-13-23/h1-4,6-8,10,19H,5,9,11-16H2/t19-/m0/s1. The van der Waals surface area contributed by atoms with E-state index >= 15 is 0 Å². The fourth-order valence-electron chi connectivity index (χ4n) is 3.82. The number of nitrogens with zero attached hydrogens (tertiary/aromatic N) is 3. The second-order valence-electron chi connectivity index (χ2n) is 6.91. The molecule has 2 aliphatic rings. The predicted octanol–water partition coefficient (Wildman–Crippen LogP) is 3.39. The first-order chi connectivity index (χ1) is 13.3. The van der Waals surface area contributed by atoms with Gasteiger partial charge in [-0.3, -0.25) is 0 Å². The molecular weight excluding hydrogens is 342 g/mol. The Hall–Kier alpha value is -2.60. The van der Waals surface area contributed by atoms with E-state index in [9.17, 15) is 4.79 Å². The van der Waals surface area contributed by atoms with Gasteiger partial charge in [-0.05, 0) is 24.5 Å². The number of hydrogen-bond acceptors (Lipinski definition) is 5. The minimum absolute atomic E-state index is 0.0137. The van der Waals surface area contributed by atoms with Crippen LogP contribution in [0, 0.1) is 0 Å². The van der Waals surface area contributed by atoms with Crippen LogP contribution in [0.3, 0.4) is 0 Å². The molecule has 2 aliphatic heterocycles. The first kappa shape index (κ1) is 17.8. The predicted molar refractivity (Wildman–Crippen MR) is 103 cm³/mol. The summed E-state index contributed by atoms with van der Waals surface area (Å²) in [4.78, 5) is 21.5. The first-order valence-electron chi connectivity index (χ1n) is 9.58. The lowest BCUT2D eigenvalue weighted by molar-refractivity contribution is 0.0919. The van der Waals surface area contributed by atoms with Gasteiger partial charge in [0, 0.05) is 31.4 Å². The molecule has 1 atom stereocenters. The van der Waals surface area contributed by atoms with Crippen LogP contribution in [0.25, 0.3) is 0 Å². The van der Waals surface area contributed by atoms with Gasteiger partial charge in [0.05, 0.1) is 19.3 Å². The van der Waals surface area contributed by atoms with Crippen molar-refractivity contribution in [2.24, 2.45) is 0 Å². The zero-order valence-electron chi connectivity index (χ0n) is 15.4. The molecule has 3 heterocycles. The zero-order chi connectivity index (χ0) is 18.5. The number of hydrogen-bond donors (Lipinski definition) is 0. The average molecular weight is 367 g/mol. The fourth-order valence-corrected chi connectivity index (χ4v) is 3.82.